The van der Waals surface area contributed by atoms with Crippen molar-refractivity contribution >= 4 is 11.8 Å². The Morgan fingerprint density at radius 3 is 2.39 bits per heavy atom. The summed E-state index contributed by atoms with van der Waals surface area (Å²) in [5.41, 5.74) is 2.78. The summed E-state index contributed by atoms with van der Waals surface area (Å²) in [6.07, 6.45) is 7.25. The number of benzene rings is 1. The number of thioether (sulfide) groups is 1. The fourth-order valence-electron chi connectivity index (χ4n) is 2.28. The van der Waals surface area contributed by atoms with Crippen LogP contribution in [0.4, 0.5) is 0 Å². The molecule has 0 fully saturated rings. The molecule has 1 rings (SSSR count). The highest BCUT2D eigenvalue weighted by atomic mass is 32.2. The van der Waals surface area contributed by atoms with Crippen LogP contribution in [0.15, 0.2) is 23.1 Å². The Kier molecular flexibility index (Phi) is 7.45. The average molecular weight is 265 g/mol. The molecule has 0 aromatic heterocycles. The number of hydrogen-bond donors (Lipinski definition) is 1. The molecule has 0 amide bonds. The zero-order chi connectivity index (χ0) is 13.4. The molecule has 1 nitrogen and oxygen atoms in total. The van der Waals surface area contributed by atoms with E-state index < -0.39 is 0 Å². The topological polar surface area (TPSA) is 12.0 Å². The van der Waals surface area contributed by atoms with Crippen molar-refractivity contribution in [3.8, 4) is 0 Å². The number of aryl methyl sites for hydroxylation is 1. The highest BCUT2D eigenvalue weighted by Gasteiger charge is 2.06. The lowest BCUT2D eigenvalue weighted by Gasteiger charge is -2.17. The Balaban J connectivity index is 2.55. The fraction of sp³-hybridized carbons (Fsp3) is 0.625. The predicted octanol–water partition coefficient (Wildman–Crippen LogP) is 4.78. The minimum atomic E-state index is 0.680. The van der Waals surface area contributed by atoms with Gasteiger partial charge < -0.3 is 5.32 Å². The first-order valence-electron chi connectivity index (χ1n) is 7.08. The van der Waals surface area contributed by atoms with E-state index in [4.69, 9.17) is 0 Å². The second-order valence-electron chi connectivity index (χ2n) is 4.96. The standard InChI is InChI=1S/C16H27NS/c1-5-7-15(8-6-2)17-12-14-10-9-13(3)16(11-14)18-4/h9-11,15,17H,5-8,12H2,1-4H3. The normalized spacial score (nSPS) is 11.2. The van der Waals surface area contributed by atoms with Gasteiger partial charge in [0.2, 0.25) is 0 Å². The Hall–Kier alpha value is -0.470. The third-order valence-electron chi connectivity index (χ3n) is 3.34. The van der Waals surface area contributed by atoms with Crippen molar-refractivity contribution < 1.29 is 0 Å². The van der Waals surface area contributed by atoms with Crippen LogP contribution in [0.2, 0.25) is 0 Å². The largest absolute Gasteiger partial charge is 0.310 e. The lowest BCUT2D eigenvalue weighted by atomic mass is 10.1. The molecule has 0 saturated heterocycles. The molecule has 0 spiro atoms. The van der Waals surface area contributed by atoms with E-state index in [1.54, 1.807) is 0 Å². The molecule has 0 heterocycles. The van der Waals surface area contributed by atoms with Gasteiger partial charge in [-0.2, -0.15) is 0 Å². The van der Waals surface area contributed by atoms with Crippen LogP contribution in [0.5, 0.6) is 0 Å². The minimum Gasteiger partial charge on any atom is -0.310 e. The molecule has 0 aliphatic rings. The number of nitrogens with one attached hydrogen (secondary N) is 1. The van der Waals surface area contributed by atoms with Gasteiger partial charge in [-0.1, -0.05) is 38.8 Å². The smallest absolute Gasteiger partial charge is 0.0208 e. The van der Waals surface area contributed by atoms with Crippen LogP contribution >= 0.6 is 11.8 Å². The summed E-state index contributed by atoms with van der Waals surface area (Å²) in [7, 11) is 0. The summed E-state index contributed by atoms with van der Waals surface area (Å²) < 4.78 is 0. The van der Waals surface area contributed by atoms with E-state index in [0.29, 0.717) is 6.04 Å². The molecule has 0 radical (unpaired) electrons. The lowest BCUT2D eigenvalue weighted by Crippen LogP contribution is -2.28. The number of hydrogen-bond acceptors (Lipinski definition) is 2. The van der Waals surface area contributed by atoms with Gasteiger partial charge in [-0.05, 0) is 43.2 Å². The fourth-order valence-corrected chi connectivity index (χ4v) is 2.94. The first-order chi connectivity index (χ1) is 8.71. The zero-order valence-corrected chi connectivity index (χ0v) is 13.1. The van der Waals surface area contributed by atoms with Gasteiger partial charge in [-0.25, -0.2) is 0 Å². The second kappa shape index (κ2) is 8.60. The maximum Gasteiger partial charge on any atom is 0.0208 e. The zero-order valence-electron chi connectivity index (χ0n) is 12.3. The van der Waals surface area contributed by atoms with Crippen molar-refractivity contribution in [1.82, 2.24) is 5.32 Å². The molecule has 1 N–H and O–H groups in total. The van der Waals surface area contributed by atoms with Crippen LogP contribution in [-0.2, 0) is 6.54 Å². The molecule has 1 aromatic carbocycles. The van der Waals surface area contributed by atoms with Crippen molar-refractivity contribution in [3.05, 3.63) is 29.3 Å². The molecule has 0 aliphatic carbocycles. The minimum absolute atomic E-state index is 0.680. The third-order valence-corrected chi connectivity index (χ3v) is 4.22. The third kappa shape index (κ3) is 5.03. The monoisotopic (exact) mass is 265 g/mol. The van der Waals surface area contributed by atoms with Crippen LogP contribution in [0.3, 0.4) is 0 Å². The van der Waals surface area contributed by atoms with Gasteiger partial charge >= 0.3 is 0 Å². The van der Waals surface area contributed by atoms with Crippen LogP contribution in [0.1, 0.15) is 50.7 Å². The van der Waals surface area contributed by atoms with Gasteiger partial charge in [-0.3, -0.25) is 0 Å². The van der Waals surface area contributed by atoms with Gasteiger partial charge in [0.05, 0.1) is 0 Å². The molecule has 0 unspecified atom stereocenters. The summed E-state index contributed by atoms with van der Waals surface area (Å²) in [6.45, 7) is 7.71. The Morgan fingerprint density at radius 2 is 1.83 bits per heavy atom. The summed E-state index contributed by atoms with van der Waals surface area (Å²) >= 11 is 1.84. The van der Waals surface area contributed by atoms with Crippen LogP contribution in [0.25, 0.3) is 0 Å². The molecule has 0 bridgehead atoms. The van der Waals surface area contributed by atoms with E-state index in [1.165, 1.54) is 41.7 Å². The van der Waals surface area contributed by atoms with Gasteiger partial charge in [-0.15, -0.1) is 11.8 Å². The average Bonchev–Trinajstić information content (AvgIpc) is 2.38. The second-order valence-corrected chi connectivity index (χ2v) is 5.81. The molecule has 0 aliphatic heterocycles. The van der Waals surface area contributed by atoms with E-state index in [0.717, 1.165) is 6.54 Å². The Labute approximate surface area is 117 Å². The molecular weight excluding hydrogens is 238 g/mol. The van der Waals surface area contributed by atoms with E-state index in [1.807, 2.05) is 11.8 Å². The summed E-state index contributed by atoms with van der Waals surface area (Å²) in [6, 6.07) is 7.48. The molecule has 0 saturated carbocycles. The van der Waals surface area contributed by atoms with Crippen molar-refractivity contribution in [2.24, 2.45) is 0 Å². The summed E-state index contributed by atoms with van der Waals surface area (Å²) in [4.78, 5) is 1.40. The first kappa shape index (κ1) is 15.6. The van der Waals surface area contributed by atoms with Gasteiger partial charge in [0.1, 0.15) is 0 Å². The van der Waals surface area contributed by atoms with E-state index in [2.05, 4.69) is 50.5 Å². The van der Waals surface area contributed by atoms with Crippen molar-refractivity contribution in [2.75, 3.05) is 6.26 Å². The molecule has 0 atom stereocenters. The van der Waals surface area contributed by atoms with E-state index in [9.17, 15) is 0 Å². The summed E-state index contributed by atoms with van der Waals surface area (Å²) in [5, 5.41) is 3.70. The van der Waals surface area contributed by atoms with Crippen molar-refractivity contribution in [2.45, 2.75) is 63.9 Å². The number of rotatable bonds is 8. The predicted molar refractivity (Wildman–Crippen MR) is 83.4 cm³/mol. The Bertz CT molecular complexity index is 343. The molecule has 18 heavy (non-hydrogen) atoms. The maximum atomic E-state index is 3.70. The first-order valence-corrected chi connectivity index (χ1v) is 8.30. The SMILES string of the molecule is CCCC(CCC)NCc1ccc(C)c(SC)c1. The lowest BCUT2D eigenvalue weighted by molar-refractivity contribution is 0.443. The van der Waals surface area contributed by atoms with Crippen LogP contribution in [0, 0.1) is 6.92 Å². The Morgan fingerprint density at radius 1 is 1.17 bits per heavy atom. The highest BCUT2D eigenvalue weighted by Crippen LogP contribution is 2.21. The van der Waals surface area contributed by atoms with E-state index in [-0.39, 0.29) is 0 Å². The van der Waals surface area contributed by atoms with Gasteiger partial charge in [0.25, 0.3) is 0 Å². The molecule has 1 aromatic rings. The summed E-state index contributed by atoms with van der Waals surface area (Å²) in [5.74, 6) is 0. The van der Waals surface area contributed by atoms with Crippen molar-refractivity contribution in [1.29, 1.82) is 0 Å². The van der Waals surface area contributed by atoms with Crippen molar-refractivity contribution in [3.63, 3.8) is 0 Å². The molecular formula is C16H27NS. The maximum absolute atomic E-state index is 3.70. The van der Waals surface area contributed by atoms with E-state index >= 15 is 0 Å². The van der Waals surface area contributed by atoms with Gasteiger partial charge in [0.15, 0.2) is 0 Å². The highest BCUT2D eigenvalue weighted by molar-refractivity contribution is 7.98. The molecule has 2 heteroatoms. The van der Waals surface area contributed by atoms with Crippen LogP contribution < -0.4 is 5.32 Å². The van der Waals surface area contributed by atoms with Gasteiger partial charge in [0, 0.05) is 17.5 Å². The molecule has 102 valence electrons. The van der Waals surface area contributed by atoms with Crippen LogP contribution in [-0.4, -0.2) is 12.3 Å². The quantitative estimate of drug-likeness (QED) is 0.679.